The van der Waals surface area contributed by atoms with Gasteiger partial charge in [0.05, 0.1) is 19.0 Å². The summed E-state index contributed by atoms with van der Waals surface area (Å²) in [5.74, 6) is -1.45. The molecule has 0 radical (unpaired) electrons. The van der Waals surface area contributed by atoms with Crippen LogP contribution in [-0.2, 0) is 16.1 Å². The minimum Gasteiger partial charge on any atom is -0.468 e. The molecular weight excluding hydrogens is 345 g/mol. The molecule has 0 aliphatic carbocycles. The van der Waals surface area contributed by atoms with Gasteiger partial charge in [-0.15, -0.1) is 0 Å². The molecule has 0 bridgehead atoms. The molecule has 0 fully saturated rings. The molecule has 0 atom stereocenters. The molecule has 0 saturated heterocycles. The highest BCUT2D eigenvalue weighted by molar-refractivity contribution is 9.10. The van der Waals surface area contributed by atoms with Crippen LogP contribution in [0.3, 0.4) is 0 Å². The first-order valence-corrected chi connectivity index (χ1v) is 6.64. The van der Waals surface area contributed by atoms with Crippen molar-refractivity contribution in [1.82, 2.24) is 9.78 Å². The fourth-order valence-electron chi connectivity index (χ4n) is 1.60. The molecule has 1 aromatic carbocycles. The fraction of sp³-hybridized carbons (Fsp3) is 0.154. The minimum absolute atomic E-state index is 0.0577. The predicted octanol–water partition coefficient (Wildman–Crippen LogP) is 2.21. The Morgan fingerprint density at radius 3 is 2.86 bits per heavy atom. The average Bonchev–Trinajstić information content (AvgIpc) is 2.84. The number of benzene rings is 1. The van der Waals surface area contributed by atoms with E-state index in [4.69, 9.17) is 0 Å². The van der Waals surface area contributed by atoms with Gasteiger partial charge in [0.1, 0.15) is 12.4 Å². The van der Waals surface area contributed by atoms with Gasteiger partial charge >= 0.3 is 5.97 Å². The van der Waals surface area contributed by atoms with Crippen molar-refractivity contribution in [2.24, 2.45) is 0 Å². The molecule has 0 aliphatic heterocycles. The Kier molecular flexibility index (Phi) is 4.69. The van der Waals surface area contributed by atoms with Crippen molar-refractivity contribution >= 4 is 33.5 Å². The molecule has 8 heteroatoms. The minimum atomic E-state index is -0.518. The second-order valence-electron chi connectivity index (χ2n) is 4.11. The molecule has 1 aromatic heterocycles. The van der Waals surface area contributed by atoms with Crippen LogP contribution in [0, 0.1) is 5.82 Å². The van der Waals surface area contributed by atoms with Crippen LogP contribution in [0.4, 0.5) is 10.1 Å². The smallest absolute Gasteiger partial charge is 0.327 e. The van der Waals surface area contributed by atoms with E-state index in [2.05, 4.69) is 31.1 Å². The number of aromatic nitrogens is 2. The summed E-state index contributed by atoms with van der Waals surface area (Å²) in [6.45, 7) is -0.0577. The van der Waals surface area contributed by atoms with Gasteiger partial charge < -0.3 is 10.1 Å². The second-order valence-corrected chi connectivity index (χ2v) is 5.03. The first-order chi connectivity index (χ1) is 9.97. The Hall–Kier alpha value is -2.22. The van der Waals surface area contributed by atoms with E-state index in [0.717, 1.165) is 6.07 Å². The number of nitrogens with zero attached hydrogens (tertiary/aromatic N) is 2. The molecule has 110 valence electrons. The van der Waals surface area contributed by atoms with Crippen molar-refractivity contribution in [1.29, 1.82) is 0 Å². The van der Waals surface area contributed by atoms with E-state index < -0.39 is 17.7 Å². The Labute approximate surface area is 128 Å². The lowest BCUT2D eigenvalue weighted by molar-refractivity contribution is -0.141. The number of anilines is 1. The lowest BCUT2D eigenvalue weighted by atomic mass is 10.2. The Morgan fingerprint density at radius 1 is 1.43 bits per heavy atom. The number of methoxy groups -OCH3 is 1. The number of nitrogens with one attached hydrogen (secondary N) is 1. The summed E-state index contributed by atoms with van der Waals surface area (Å²) in [6, 6.07) is 3.88. The van der Waals surface area contributed by atoms with Gasteiger partial charge in [0.2, 0.25) is 0 Å². The molecule has 1 heterocycles. The zero-order valence-electron chi connectivity index (χ0n) is 11.0. The normalized spacial score (nSPS) is 10.2. The number of carbonyl (C=O) groups is 2. The summed E-state index contributed by atoms with van der Waals surface area (Å²) < 4.78 is 19.5. The highest BCUT2D eigenvalue weighted by Crippen LogP contribution is 2.16. The molecule has 0 spiro atoms. The van der Waals surface area contributed by atoms with Crippen LogP contribution < -0.4 is 5.32 Å². The number of carbonyl (C=O) groups excluding carboxylic acids is 2. The van der Waals surface area contributed by atoms with Crippen LogP contribution in [0.2, 0.25) is 0 Å². The van der Waals surface area contributed by atoms with E-state index in [-0.39, 0.29) is 12.1 Å². The van der Waals surface area contributed by atoms with Crippen molar-refractivity contribution in [3.05, 3.63) is 46.4 Å². The summed E-state index contributed by atoms with van der Waals surface area (Å²) in [4.78, 5) is 23.1. The first kappa shape index (κ1) is 15.2. The van der Waals surface area contributed by atoms with Gasteiger partial charge in [0.15, 0.2) is 0 Å². The van der Waals surface area contributed by atoms with Crippen molar-refractivity contribution in [2.75, 3.05) is 12.4 Å². The van der Waals surface area contributed by atoms with Crippen LogP contribution in [-0.4, -0.2) is 28.8 Å². The van der Waals surface area contributed by atoms with E-state index in [1.54, 1.807) is 0 Å². The third kappa shape index (κ3) is 4.12. The molecular formula is C13H11BrFN3O3. The Morgan fingerprint density at radius 2 is 2.19 bits per heavy atom. The number of amides is 1. The van der Waals surface area contributed by atoms with Gasteiger partial charge in [-0.05, 0) is 18.2 Å². The molecule has 2 rings (SSSR count). The highest BCUT2D eigenvalue weighted by Gasteiger charge is 2.11. The summed E-state index contributed by atoms with van der Waals surface area (Å²) in [7, 11) is 1.27. The third-order valence-electron chi connectivity index (χ3n) is 2.53. The molecule has 1 amide bonds. The average molecular weight is 356 g/mol. The number of halogens is 2. The van der Waals surface area contributed by atoms with Crippen LogP contribution in [0.25, 0.3) is 0 Å². The number of rotatable bonds is 4. The van der Waals surface area contributed by atoms with Crippen LogP contribution >= 0.6 is 15.9 Å². The van der Waals surface area contributed by atoms with Gasteiger partial charge in [0, 0.05) is 16.2 Å². The van der Waals surface area contributed by atoms with E-state index in [1.807, 2.05) is 0 Å². The first-order valence-electron chi connectivity index (χ1n) is 5.84. The van der Waals surface area contributed by atoms with Gasteiger partial charge in [0.25, 0.3) is 5.91 Å². The maximum Gasteiger partial charge on any atom is 0.327 e. The van der Waals surface area contributed by atoms with Crippen LogP contribution in [0.1, 0.15) is 10.4 Å². The number of hydrogen-bond donors (Lipinski definition) is 1. The van der Waals surface area contributed by atoms with Gasteiger partial charge in [-0.2, -0.15) is 5.10 Å². The van der Waals surface area contributed by atoms with E-state index in [1.165, 1.54) is 36.3 Å². The van der Waals surface area contributed by atoms with Gasteiger partial charge in [-0.25, -0.2) is 4.39 Å². The predicted molar refractivity (Wildman–Crippen MR) is 76.3 cm³/mol. The zero-order chi connectivity index (χ0) is 15.4. The van der Waals surface area contributed by atoms with Crippen molar-refractivity contribution in [2.45, 2.75) is 6.54 Å². The topological polar surface area (TPSA) is 73.2 Å². The monoisotopic (exact) mass is 355 g/mol. The standard InChI is InChI=1S/C13H11BrFN3O3/c1-21-12(19)7-18-6-11(5-16-18)17-13(20)8-2-9(14)4-10(15)3-8/h2-6H,7H2,1H3,(H,17,20). The largest absolute Gasteiger partial charge is 0.468 e. The molecule has 0 saturated carbocycles. The Balaban J connectivity index is 2.07. The molecule has 21 heavy (non-hydrogen) atoms. The van der Waals surface area contributed by atoms with Crippen LogP contribution in [0.15, 0.2) is 35.1 Å². The summed E-state index contributed by atoms with van der Waals surface area (Å²) in [5.41, 5.74) is 0.562. The quantitative estimate of drug-likeness (QED) is 0.853. The number of ether oxygens (including phenoxy) is 1. The SMILES string of the molecule is COC(=O)Cn1cc(NC(=O)c2cc(F)cc(Br)c2)cn1. The molecule has 1 N–H and O–H groups in total. The van der Waals surface area contributed by atoms with Crippen molar-refractivity contribution in [3.63, 3.8) is 0 Å². The summed E-state index contributed by atoms with van der Waals surface area (Å²) in [6.07, 6.45) is 2.86. The van der Waals surface area contributed by atoms with E-state index in [0.29, 0.717) is 10.2 Å². The molecule has 2 aromatic rings. The number of hydrogen-bond acceptors (Lipinski definition) is 4. The second kappa shape index (κ2) is 6.49. The van der Waals surface area contributed by atoms with Crippen LogP contribution in [0.5, 0.6) is 0 Å². The Bertz CT molecular complexity index is 667. The molecule has 0 aliphatic rings. The number of esters is 1. The summed E-state index contributed by atoms with van der Waals surface area (Å²) in [5, 5.41) is 6.47. The zero-order valence-corrected chi connectivity index (χ0v) is 12.6. The molecule has 6 nitrogen and oxygen atoms in total. The maximum atomic E-state index is 13.2. The third-order valence-corrected chi connectivity index (χ3v) is 2.99. The summed E-state index contributed by atoms with van der Waals surface area (Å²) >= 11 is 3.12. The lowest BCUT2D eigenvalue weighted by Gasteiger charge is -2.03. The highest BCUT2D eigenvalue weighted by atomic mass is 79.9. The molecule has 0 unspecified atom stereocenters. The van der Waals surface area contributed by atoms with E-state index in [9.17, 15) is 14.0 Å². The van der Waals surface area contributed by atoms with Crippen molar-refractivity contribution < 1.29 is 18.7 Å². The maximum absolute atomic E-state index is 13.2. The van der Waals surface area contributed by atoms with Gasteiger partial charge in [-0.1, -0.05) is 15.9 Å². The lowest BCUT2D eigenvalue weighted by Crippen LogP contribution is -2.13. The fourth-order valence-corrected chi connectivity index (χ4v) is 2.06. The van der Waals surface area contributed by atoms with E-state index >= 15 is 0 Å². The van der Waals surface area contributed by atoms with Crippen molar-refractivity contribution in [3.8, 4) is 0 Å². The van der Waals surface area contributed by atoms with Gasteiger partial charge in [-0.3, -0.25) is 14.3 Å².